The molecule has 0 bridgehead atoms. The Balaban J connectivity index is 4.16. The first-order chi connectivity index (χ1) is 27.3. The van der Waals surface area contributed by atoms with E-state index in [1.54, 1.807) is 0 Å². The second kappa shape index (κ2) is 42.2. The Kier molecular flexibility index (Phi) is 40.4. The number of hydrogen-bond acceptors (Lipinski definition) is 6. The van der Waals surface area contributed by atoms with Crippen molar-refractivity contribution in [2.45, 2.75) is 251 Å². The van der Waals surface area contributed by atoms with Gasteiger partial charge >= 0.3 is 11.9 Å². The van der Waals surface area contributed by atoms with Gasteiger partial charge in [0.25, 0.3) is 0 Å². The number of carboxylic acids is 1. The molecule has 0 aliphatic heterocycles. The first kappa shape index (κ1) is 53.6. The van der Waals surface area contributed by atoms with Crippen LogP contribution in [0.1, 0.15) is 239 Å². The third-order valence-electron chi connectivity index (χ3n) is 10.8. The van der Waals surface area contributed by atoms with Gasteiger partial charge in [-0.1, -0.05) is 174 Å². The van der Waals surface area contributed by atoms with Crippen molar-refractivity contribution in [3.05, 3.63) is 12.2 Å². The van der Waals surface area contributed by atoms with Gasteiger partial charge in [-0.25, -0.2) is 4.79 Å². The van der Waals surface area contributed by atoms with E-state index in [1.165, 1.54) is 148 Å². The number of nitrogens with one attached hydrogen (secondary N) is 2. The summed E-state index contributed by atoms with van der Waals surface area (Å²) in [6, 6.07) is -1.38. The van der Waals surface area contributed by atoms with Gasteiger partial charge in [0.2, 0.25) is 11.8 Å². The van der Waals surface area contributed by atoms with Crippen LogP contribution in [-0.2, 0) is 23.9 Å². The minimum absolute atomic E-state index is 0.00801. The lowest BCUT2D eigenvalue weighted by atomic mass is 10.0. The van der Waals surface area contributed by atoms with Gasteiger partial charge in [-0.15, -0.1) is 0 Å². The molecule has 56 heavy (non-hydrogen) atoms. The Morgan fingerprint density at radius 2 is 0.911 bits per heavy atom. The summed E-state index contributed by atoms with van der Waals surface area (Å²) in [5.41, 5.74) is 0. The number of aliphatic hydroxyl groups is 1. The molecule has 0 saturated carbocycles. The van der Waals surface area contributed by atoms with Gasteiger partial charge in [0.1, 0.15) is 12.1 Å². The van der Waals surface area contributed by atoms with E-state index in [0.29, 0.717) is 19.3 Å². The van der Waals surface area contributed by atoms with Crippen LogP contribution in [0.5, 0.6) is 0 Å². The maximum Gasteiger partial charge on any atom is 0.328 e. The molecule has 9 heteroatoms. The van der Waals surface area contributed by atoms with Crippen LogP contribution >= 0.6 is 0 Å². The van der Waals surface area contributed by atoms with Crippen molar-refractivity contribution >= 4 is 23.8 Å². The Morgan fingerprint density at radius 1 is 0.518 bits per heavy atom. The average Bonchev–Trinajstić information content (AvgIpc) is 3.18. The molecule has 0 aromatic rings. The molecule has 2 atom stereocenters. The maximum absolute atomic E-state index is 12.8. The zero-order valence-corrected chi connectivity index (χ0v) is 36.4. The Morgan fingerprint density at radius 3 is 1.34 bits per heavy atom. The van der Waals surface area contributed by atoms with Crippen LogP contribution in [-0.4, -0.2) is 59.3 Å². The molecule has 2 amide bonds. The molecule has 9 nitrogen and oxygen atoms in total. The number of aliphatic hydroxyl groups excluding tert-OH is 1. The number of ether oxygens (including phenoxy) is 1. The highest BCUT2D eigenvalue weighted by atomic mass is 16.5. The second-order valence-electron chi connectivity index (χ2n) is 16.2. The number of esters is 1. The van der Waals surface area contributed by atoms with Crippen LogP contribution in [0.4, 0.5) is 0 Å². The third kappa shape index (κ3) is 38.5. The zero-order chi connectivity index (χ0) is 41.2. The number of carboxylic acid groups (broad SMARTS) is 1. The van der Waals surface area contributed by atoms with Crippen molar-refractivity contribution in [2.24, 2.45) is 0 Å². The van der Waals surface area contributed by atoms with Crippen molar-refractivity contribution in [1.82, 2.24) is 10.6 Å². The van der Waals surface area contributed by atoms with E-state index in [0.717, 1.165) is 57.8 Å². The van der Waals surface area contributed by atoms with Crippen LogP contribution in [0.2, 0.25) is 0 Å². The summed E-state index contributed by atoms with van der Waals surface area (Å²) in [5, 5.41) is 22.6. The molecule has 4 N–H and O–H groups in total. The molecule has 328 valence electrons. The molecule has 0 saturated heterocycles. The highest BCUT2D eigenvalue weighted by Gasteiger charge is 2.19. The van der Waals surface area contributed by atoms with E-state index < -0.39 is 24.5 Å². The summed E-state index contributed by atoms with van der Waals surface area (Å²) in [5.74, 6) is -2.28. The number of unbranched alkanes of at least 4 members (excludes halogenated alkanes) is 27. The number of carbonyl (C=O) groups is 4. The SMILES string of the molecule is CCCCCCCC/C=C\CCCCCCCCCCCC(=O)OC(CCCCCCCCCCC)CCCCCCCC(=O)NCC(=O)NC(CO)C(=O)O. The predicted octanol–water partition coefficient (Wildman–Crippen LogP) is 11.8. The summed E-state index contributed by atoms with van der Waals surface area (Å²) in [6.45, 7) is 3.49. The van der Waals surface area contributed by atoms with Crippen LogP contribution < -0.4 is 10.6 Å². The van der Waals surface area contributed by atoms with E-state index in [1.807, 2.05) is 0 Å². The molecule has 2 unspecified atom stereocenters. The minimum Gasteiger partial charge on any atom is -0.480 e. The smallest absolute Gasteiger partial charge is 0.328 e. The standard InChI is InChI=1S/C47H88N2O7/c1-3-5-7-9-11-13-14-15-16-17-18-19-20-21-22-24-26-31-35-39-46(53)56-42(36-32-28-25-23-12-10-8-6-4-2)37-33-29-27-30-34-38-44(51)48-40-45(52)49-43(41-50)47(54)55/h15-16,42-43,50H,3-14,17-41H2,1-2H3,(H,48,51)(H,49,52)(H,54,55)/b16-15-. The van der Waals surface area contributed by atoms with Crippen LogP contribution in [0.25, 0.3) is 0 Å². The fraction of sp³-hybridized carbons (Fsp3) is 0.872. The lowest BCUT2D eigenvalue weighted by Crippen LogP contribution is -2.47. The highest BCUT2D eigenvalue weighted by molar-refractivity contribution is 5.87. The van der Waals surface area contributed by atoms with E-state index in [9.17, 15) is 19.2 Å². The lowest BCUT2D eigenvalue weighted by Gasteiger charge is -2.18. The van der Waals surface area contributed by atoms with Gasteiger partial charge in [-0.05, 0) is 64.2 Å². The molecule has 0 fully saturated rings. The summed E-state index contributed by atoms with van der Waals surface area (Å²) in [7, 11) is 0. The van der Waals surface area contributed by atoms with Crippen LogP contribution in [0, 0.1) is 0 Å². The first-order valence-electron chi connectivity index (χ1n) is 23.6. The maximum atomic E-state index is 12.8. The fourth-order valence-corrected chi connectivity index (χ4v) is 7.12. The van der Waals surface area contributed by atoms with Crippen LogP contribution in [0.15, 0.2) is 12.2 Å². The summed E-state index contributed by atoms with van der Waals surface area (Å²) in [6.07, 6.45) is 45.3. The Bertz CT molecular complexity index is 957. The molecule has 0 rings (SSSR count). The van der Waals surface area contributed by atoms with Crippen molar-refractivity contribution in [2.75, 3.05) is 13.2 Å². The number of hydrogen-bond donors (Lipinski definition) is 4. The molecular weight excluding hydrogens is 705 g/mol. The van der Waals surface area contributed by atoms with Gasteiger partial charge in [-0.2, -0.15) is 0 Å². The number of aliphatic carboxylic acids is 1. The Hall–Kier alpha value is -2.42. The lowest BCUT2D eigenvalue weighted by molar-refractivity contribution is -0.150. The topological polar surface area (TPSA) is 142 Å². The number of amides is 2. The average molecular weight is 793 g/mol. The van der Waals surface area contributed by atoms with Crippen molar-refractivity contribution in [1.29, 1.82) is 0 Å². The molecule has 0 aromatic carbocycles. The Labute approximate surface area is 343 Å². The molecule has 0 aromatic heterocycles. The van der Waals surface area contributed by atoms with E-state index in [4.69, 9.17) is 14.9 Å². The normalized spacial score (nSPS) is 12.5. The molecule has 0 aliphatic carbocycles. The second-order valence-corrected chi connectivity index (χ2v) is 16.2. The number of carbonyl (C=O) groups excluding carboxylic acids is 3. The molecule has 0 radical (unpaired) electrons. The summed E-state index contributed by atoms with van der Waals surface area (Å²) in [4.78, 5) is 47.6. The summed E-state index contributed by atoms with van der Waals surface area (Å²) < 4.78 is 6.03. The third-order valence-corrected chi connectivity index (χ3v) is 10.8. The van der Waals surface area contributed by atoms with Crippen LogP contribution in [0.3, 0.4) is 0 Å². The largest absolute Gasteiger partial charge is 0.480 e. The van der Waals surface area contributed by atoms with Gasteiger partial charge in [-0.3, -0.25) is 14.4 Å². The molecule has 0 spiro atoms. The molecular formula is C47H88N2O7. The zero-order valence-electron chi connectivity index (χ0n) is 36.4. The molecule has 0 heterocycles. The van der Waals surface area contributed by atoms with Gasteiger partial charge in [0.05, 0.1) is 13.2 Å². The number of allylic oxidation sites excluding steroid dienone is 2. The van der Waals surface area contributed by atoms with Crippen molar-refractivity contribution < 1.29 is 34.1 Å². The van der Waals surface area contributed by atoms with E-state index in [2.05, 4.69) is 36.6 Å². The van der Waals surface area contributed by atoms with Gasteiger partial charge < -0.3 is 25.6 Å². The van der Waals surface area contributed by atoms with Crippen molar-refractivity contribution in [3.8, 4) is 0 Å². The quantitative estimate of drug-likeness (QED) is 0.0273. The number of rotatable bonds is 43. The monoisotopic (exact) mass is 793 g/mol. The minimum atomic E-state index is -1.38. The molecule has 0 aliphatic rings. The van der Waals surface area contributed by atoms with E-state index >= 15 is 0 Å². The predicted molar refractivity (Wildman–Crippen MR) is 232 cm³/mol. The van der Waals surface area contributed by atoms with Gasteiger partial charge in [0.15, 0.2) is 0 Å². The first-order valence-corrected chi connectivity index (χ1v) is 23.6. The van der Waals surface area contributed by atoms with E-state index in [-0.39, 0.29) is 24.5 Å². The summed E-state index contributed by atoms with van der Waals surface area (Å²) >= 11 is 0. The van der Waals surface area contributed by atoms with Crippen molar-refractivity contribution in [3.63, 3.8) is 0 Å². The fourth-order valence-electron chi connectivity index (χ4n) is 7.12. The highest BCUT2D eigenvalue weighted by Crippen LogP contribution is 2.19. The van der Waals surface area contributed by atoms with Gasteiger partial charge in [0, 0.05) is 12.8 Å².